The summed E-state index contributed by atoms with van der Waals surface area (Å²) < 4.78 is 1.99. The third-order valence-corrected chi connectivity index (χ3v) is 4.08. The van der Waals surface area contributed by atoms with Crippen LogP contribution in [0.2, 0.25) is 0 Å². The van der Waals surface area contributed by atoms with E-state index in [4.69, 9.17) is 0 Å². The molecular formula is C15H28N6. The average Bonchev–Trinajstić information content (AvgIpc) is 3.09. The molecule has 0 spiro atoms. The number of nitrogens with one attached hydrogen (secondary N) is 2. The fourth-order valence-electron chi connectivity index (χ4n) is 2.54. The van der Waals surface area contributed by atoms with Gasteiger partial charge in [-0.15, -0.1) is 10.2 Å². The smallest absolute Gasteiger partial charge is 0.191 e. The normalized spacial score (nSPS) is 16.4. The summed E-state index contributed by atoms with van der Waals surface area (Å²) in [5.41, 5.74) is 0. The zero-order valence-electron chi connectivity index (χ0n) is 13.5. The Morgan fingerprint density at radius 2 is 2.10 bits per heavy atom. The van der Waals surface area contributed by atoms with Crippen LogP contribution in [0.4, 0.5) is 0 Å². The minimum absolute atomic E-state index is 0.561. The first kappa shape index (κ1) is 15.8. The number of nitrogens with zero attached hydrogens (tertiary/aromatic N) is 4. The second-order valence-electron chi connectivity index (χ2n) is 5.79. The first-order chi connectivity index (χ1) is 10.2. The molecule has 2 N–H and O–H groups in total. The maximum atomic E-state index is 4.67. The molecular weight excluding hydrogens is 264 g/mol. The molecule has 118 valence electrons. The molecule has 0 amide bonds. The first-order valence-corrected chi connectivity index (χ1v) is 8.10. The lowest BCUT2D eigenvalue weighted by Gasteiger charge is -2.17. The number of hydrogen-bond acceptors (Lipinski definition) is 3. The Hall–Kier alpha value is -1.59. The summed E-state index contributed by atoms with van der Waals surface area (Å²) in [6.07, 6.45) is 7.49. The minimum atomic E-state index is 0.561. The van der Waals surface area contributed by atoms with Gasteiger partial charge in [-0.25, -0.2) is 4.99 Å². The van der Waals surface area contributed by atoms with Gasteiger partial charge in [0, 0.05) is 19.6 Å². The van der Waals surface area contributed by atoms with Crippen molar-refractivity contribution in [3.8, 4) is 0 Å². The van der Waals surface area contributed by atoms with E-state index in [9.17, 15) is 0 Å². The lowest BCUT2D eigenvalue weighted by molar-refractivity contribution is 0.606. The van der Waals surface area contributed by atoms with Crippen LogP contribution in [0.15, 0.2) is 4.99 Å². The summed E-state index contributed by atoms with van der Waals surface area (Å²) >= 11 is 0. The van der Waals surface area contributed by atoms with Gasteiger partial charge < -0.3 is 15.2 Å². The molecule has 21 heavy (non-hydrogen) atoms. The summed E-state index contributed by atoms with van der Waals surface area (Å²) in [5.74, 6) is 2.73. The van der Waals surface area contributed by atoms with E-state index in [1.54, 1.807) is 0 Å². The van der Waals surface area contributed by atoms with E-state index in [1.165, 1.54) is 32.1 Å². The van der Waals surface area contributed by atoms with Crippen molar-refractivity contribution in [2.24, 2.45) is 12.0 Å². The zero-order chi connectivity index (χ0) is 15.1. The molecule has 0 saturated heterocycles. The Labute approximate surface area is 127 Å². The molecule has 2 rings (SSSR count). The molecule has 0 atom stereocenters. The Morgan fingerprint density at radius 3 is 2.71 bits per heavy atom. The van der Waals surface area contributed by atoms with Crippen molar-refractivity contribution in [2.75, 3.05) is 6.54 Å². The summed E-state index contributed by atoms with van der Waals surface area (Å²) in [7, 11) is 1.98. The molecule has 0 radical (unpaired) electrons. The number of rotatable bonds is 6. The minimum Gasteiger partial charge on any atom is -0.356 e. The molecule has 1 aliphatic carbocycles. The summed E-state index contributed by atoms with van der Waals surface area (Å²) in [6.45, 7) is 5.68. The largest absolute Gasteiger partial charge is 0.356 e. The van der Waals surface area contributed by atoms with Crippen LogP contribution in [0, 0.1) is 6.92 Å². The van der Waals surface area contributed by atoms with Crippen LogP contribution in [0.5, 0.6) is 0 Å². The van der Waals surface area contributed by atoms with Crippen LogP contribution in [0.3, 0.4) is 0 Å². The van der Waals surface area contributed by atoms with Gasteiger partial charge in [-0.3, -0.25) is 0 Å². The molecule has 6 heteroatoms. The van der Waals surface area contributed by atoms with Crippen LogP contribution in [-0.4, -0.2) is 33.3 Å². The fraction of sp³-hybridized carbons (Fsp3) is 0.800. The topological polar surface area (TPSA) is 67.1 Å². The van der Waals surface area contributed by atoms with Crippen LogP contribution in [0.1, 0.15) is 57.1 Å². The van der Waals surface area contributed by atoms with Gasteiger partial charge >= 0.3 is 0 Å². The monoisotopic (exact) mass is 292 g/mol. The van der Waals surface area contributed by atoms with E-state index in [-0.39, 0.29) is 0 Å². The number of unbranched alkanes of at least 4 members (excludes halogenated alkanes) is 1. The second-order valence-corrected chi connectivity index (χ2v) is 5.79. The summed E-state index contributed by atoms with van der Waals surface area (Å²) in [6, 6.07) is 0.569. The molecule has 0 unspecified atom stereocenters. The van der Waals surface area contributed by atoms with Crippen molar-refractivity contribution >= 4 is 5.96 Å². The predicted octanol–water partition coefficient (Wildman–Crippen LogP) is 1.90. The standard InChI is InChI=1S/C15H28N6/c1-4-5-10-16-15(18-13-8-6-7-9-13)17-11-14-20-19-12(2)21(14)3/h13H,4-11H2,1-3H3,(H2,16,17,18). The summed E-state index contributed by atoms with van der Waals surface area (Å²) in [4.78, 5) is 4.67. The quantitative estimate of drug-likeness (QED) is 0.477. The van der Waals surface area contributed by atoms with Crippen LogP contribution >= 0.6 is 0 Å². The number of hydrogen-bond donors (Lipinski definition) is 2. The maximum Gasteiger partial charge on any atom is 0.191 e. The number of guanidine groups is 1. The van der Waals surface area contributed by atoms with Crippen molar-refractivity contribution in [3.63, 3.8) is 0 Å². The highest BCUT2D eigenvalue weighted by Crippen LogP contribution is 2.17. The Bertz CT molecular complexity index is 459. The van der Waals surface area contributed by atoms with Gasteiger partial charge in [-0.2, -0.15) is 0 Å². The van der Waals surface area contributed by atoms with Crippen LogP contribution in [0.25, 0.3) is 0 Å². The molecule has 0 aromatic carbocycles. The molecule has 1 heterocycles. The average molecular weight is 292 g/mol. The van der Waals surface area contributed by atoms with E-state index in [1.807, 2.05) is 18.5 Å². The van der Waals surface area contributed by atoms with E-state index in [0.717, 1.165) is 30.6 Å². The van der Waals surface area contributed by atoms with Crippen molar-refractivity contribution in [1.82, 2.24) is 25.4 Å². The highest BCUT2D eigenvalue weighted by Gasteiger charge is 2.16. The molecule has 0 aliphatic heterocycles. The maximum absolute atomic E-state index is 4.67. The number of aromatic nitrogens is 3. The molecule has 6 nitrogen and oxygen atoms in total. The third kappa shape index (κ3) is 4.72. The molecule has 1 saturated carbocycles. The SMILES string of the molecule is CCCCNC(=NCc1nnc(C)n1C)NC1CCCC1. The number of aliphatic imine (C=N–C) groups is 1. The van der Waals surface area contributed by atoms with E-state index in [0.29, 0.717) is 12.6 Å². The molecule has 1 aromatic heterocycles. The molecule has 1 aromatic rings. The highest BCUT2D eigenvalue weighted by atomic mass is 15.3. The summed E-state index contributed by atoms with van der Waals surface area (Å²) in [5, 5.41) is 15.2. The van der Waals surface area contributed by atoms with Gasteiger partial charge in [0.1, 0.15) is 12.4 Å². The fourth-order valence-corrected chi connectivity index (χ4v) is 2.54. The molecule has 1 aliphatic rings. The van der Waals surface area contributed by atoms with Gasteiger partial charge in [-0.1, -0.05) is 26.2 Å². The van der Waals surface area contributed by atoms with Gasteiger partial charge in [0.2, 0.25) is 0 Å². The highest BCUT2D eigenvalue weighted by molar-refractivity contribution is 5.80. The Kier molecular flexibility index (Phi) is 6.02. The van der Waals surface area contributed by atoms with Gasteiger partial charge in [-0.05, 0) is 26.2 Å². The Morgan fingerprint density at radius 1 is 1.33 bits per heavy atom. The third-order valence-electron chi connectivity index (χ3n) is 4.08. The molecule has 0 bridgehead atoms. The van der Waals surface area contributed by atoms with Crippen LogP contribution in [-0.2, 0) is 13.6 Å². The van der Waals surface area contributed by atoms with Crippen molar-refractivity contribution in [1.29, 1.82) is 0 Å². The van der Waals surface area contributed by atoms with E-state index < -0.39 is 0 Å². The lowest BCUT2D eigenvalue weighted by Crippen LogP contribution is -2.42. The Balaban J connectivity index is 1.95. The number of aryl methyl sites for hydroxylation is 1. The van der Waals surface area contributed by atoms with Crippen molar-refractivity contribution in [2.45, 2.75) is 65.0 Å². The van der Waals surface area contributed by atoms with Gasteiger partial charge in [0.25, 0.3) is 0 Å². The predicted molar refractivity (Wildman–Crippen MR) is 85.2 cm³/mol. The molecule has 1 fully saturated rings. The van der Waals surface area contributed by atoms with E-state index in [2.05, 4.69) is 32.7 Å². The van der Waals surface area contributed by atoms with Gasteiger partial charge in [0.15, 0.2) is 11.8 Å². The lowest BCUT2D eigenvalue weighted by atomic mass is 10.2. The van der Waals surface area contributed by atoms with Gasteiger partial charge in [0.05, 0.1) is 0 Å². The first-order valence-electron chi connectivity index (χ1n) is 8.10. The second kappa shape index (κ2) is 8.00. The zero-order valence-corrected chi connectivity index (χ0v) is 13.5. The van der Waals surface area contributed by atoms with Crippen molar-refractivity contribution < 1.29 is 0 Å². The van der Waals surface area contributed by atoms with Crippen LogP contribution < -0.4 is 10.6 Å². The van der Waals surface area contributed by atoms with E-state index >= 15 is 0 Å². The van der Waals surface area contributed by atoms with Crippen molar-refractivity contribution in [3.05, 3.63) is 11.6 Å².